The SMILES string of the molecule is CCC(C)C(N)C(=O)NC(C(=O)NC(Cc1ccc(O)cc1)C(=O)NCC(=O)O)C(C)CC. The number of carbonyl (C=O) groups excluding carboxylic acids is 3. The highest BCUT2D eigenvalue weighted by molar-refractivity contribution is 5.94. The van der Waals surface area contributed by atoms with Gasteiger partial charge in [-0.15, -0.1) is 0 Å². The molecule has 10 heteroatoms. The lowest BCUT2D eigenvalue weighted by molar-refractivity contribution is -0.138. The Morgan fingerprint density at radius 1 is 0.909 bits per heavy atom. The highest BCUT2D eigenvalue weighted by atomic mass is 16.4. The summed E-state index contributed by atoms with van der Waals surface area (Å²) >= 11 is 0. The summed E-state index contributed by atoms with van der Waals surface area (Å²) in [6, 6.07) is 3.29. The van der Waals surface area contributed by atoms with E-state index in [1.165, 1.54) is 12.1 Å². The number of nitrogens with two attached hydrogens (primary N) is 1. The maximum absolute atomic E-state index is 13.1. The van der Waals surface area contributed by atoms with Crippen molar-refractivity contribution >= 4 is 23.7 Å². The number of hydrogen-bond donors (Lipinski definition) is 6. The predicted molar refractivity (Wildman–Crippen MR) is 123 cm³/mol. The van der Waals surface area contributed by atoms with Gasteiger partial charge < -0.3 is 31.9 Å². The molecule has 0 aliphatic heterocycles. The molecule has 0 radical (unpaired) electrons. The van der Waals surface area contributed by atoms with Crippen LogP contribution in [0.4, 0.5) is 0 Å². The van der Waals surface area contributed by atoms with Crippen LogP contribution in [-0.4, -0.2) is 58.6 Å². The van der Waals surface area contributed by atoms with Crippen molar-refractivity contribution in [2.24, 2.45) is 17.6 Å². The van der Waals surface area contributed by atoms with E-state index in [0.717, 1.165) is 0 Å². The Labute approximate surface area is 194 Å². The van der Waals surface area contributed by atoms with Crippen LogP contribution in [0.3, 0.4) is 0 Å². The fourth-order valence-electron chi connectivity index (χ4n) is 3.09. The number of benzene rings is 1. The second-order valence-electron chi connectivity index (χ2n) is 8.33. The third kappa shape index (κ3) is 9.09. The summed E-state index contributed by atoms with van der Waals surface area (Å²) in [6.45, 7) is 6.84. The molecule has 0 spiro atoms. The van der Waals surface area contributed by atoms with E-state index in [0.29, 0.717) is 18.4 Å². The van der Waals surface area contributed by atoms with Gasteiger partial charge in [-0.25, -0.2) is 0 Å². The molecule has 0 heterocycles. The molecular weight excluding hydrogens is 428 g/mol. The number of phenols is 1. The van der Waals surface area contributed by atoms with Crippen molar-refractivity contribution in [2.75, 3.05) is 6.54 Å². The number of nitrogens with one attached hydrogen (secondary N) is 3. The Kier molecular flexibility index (Phi) is 11.3. The summed E-state index contributed by atoms with van der Waals surface area (Å²) in [6.07, 6.45) is 1.35. The van der Waals surface area contributed by atoms with E-state index >= 15 is 0 Å². The molecule has 0 saturated heterocycles. The fraction of sp³-hybridized carbons (Fsp3) is 0.565. The van der Waals surface area contributed by atoms with E-state index in [1.807, 2.05) is 20.8 Å². The van der Waals surface area contributed by atoms with Crippen molar-refractivity contribution in [2.45, 2.75) is 65.1 Å². The lowest BCUT2D eigenvalue weighted by atomic mass is 9.95. The van der Waals surface area contributed by atoms with Crippen LogP contribution in [0.2, 0.25) is 0 Å². The van der Waals surface area contributed by atoms with Gasteiger partial charge in [0.15, 0.2) is 0 Å². The zero-order valence-corrected chi connectivity index (χ0v) is 19.6. The number of phenolic OH excluding ortho intramolecular Hbond substituents is 1. The minimum atomic E-state index is -1.22. The third-order valence-corrected chi connectivity index (χ3v) is 5.78. The van der Waals surface area contributed by atoms with Crippen LogP contribution in [0, 0.1) is 11.8 Å². The van der Waals surface area contributed by atoms with E-state index in [-0.39, 0.29) is 24.0 Å². The van der Waals surface area contributed by atoms with E-state index < -0.39 is 48.4 Å². The Hall–Kier alpha value is -3.14. The van der Waals surface area contributed by atoms with E-state index in [1.54, 1.807) is 19.1 Å². The third-order valence-electron chi connectivity index (χ3n) is 5.78. The number of rotatable bonds is 13. The molecule has 5 atom stereocenters. The largest absolute Gasteiger partial charge is 0.508 e. The minimum absolute atomic E-state index is 0.0480. The molecule has 1 rings (SSSR count). The van der Waals surface area contributed by atoms with Crippen molar-refractivity contribution in [1.82, 2.24) is 16.0 Å². The molecule has 0 bridgehead atoms. The standard InChI is InChI=1S/C23H36N4O6/c1-5-13(3)19(24)22(32)27-20(14(4)6-2)23(33)26-17(21(31)25-12-18(29)30)11-15-7-9-16(28)10-8-15/h7-10,13-14,17,19-20,28H,5-6,11-12,24H2,1-4H3,(H,25,31)(H,26,33)(H,27,32)(H,29,30). The monoisotopic (exact) mass is 464 g/mol. The van der Waals surface area contributed by atoms with Crippen LogP contribution in [0.5, 0.6) is 5.75 Å². The molecule has 0 saturated carbocycles. The quantitative estimate of drug-likeness (QED) is 0.247. The Morgan fingerprint density at radius 3 is 2.00 bits per heavy atom. The first-order valence-corrected chi connectivity index (χ1v) is 11.1. The first-order chi connectivity index (χ1) is 15.5. The zero-order valence-electron chi connectivity index (χ0n) is 19.6. The fourth-order valence-corrected chi connectivity index (χ4v) is 3.09. The van der Waals surface area contributed by atoms with Gasteiger partial charge in [0, 0.05) is 6.42 Å². The molecule has 0 aliphatic carbocycles. The van der Waals surface area contributed by atoms with Crippen LogP contribution >= 0.6 is 0 Å². The Bertz CT molecular complexity index is 814. The number of aliphatic carboxylic acids is 1. The summed E-state index contributed by atoms with van der Waals surface area (Å²) in [7, 11) is 0. The first-order valence-electron chi connectivity index (χ1n) is 11.1. The van der Waals surface area contributed by atoms with Gasteiger partial charge in [0.2, 0.25) is 17.7 Å². The van der Waals surface area contributed by atoms with Crippen molar-refractivity contribution in [3.8, 4) is 5.75 Å². The summed E-state index contributed by atoms with van der Waals surface area (Å²) < 4.78 is 0. The highest BCUT2D eigenvalue weighted by Crippen LogP contribution is 2.14. The van der Waals surface area contributed by atoms with E-state index in [9.17, 15) is 24.3 Å². The predicted octanol–water partition coefficient (Wildman–Crippen LogP) is 0.525. The normalized spacial score (nSPS) is 15.4. The van der Waals surface area contributed by atoms with Crippen molar-refractivity contribution in [1.29, 1.82) is 0 Å². The second kappa shape index (κ2) is 13.4. The average Bonchev–Trinajstić information content (AvgIpc) is 2.79. The molecule has 1 aromatic carbocycles. The van der Waals surface area contributed by atoms with Crippen LogP contribution in [-0.2, 0) is 25.6 Å². The van der Waals surface area contributed by atoms with Gasteiger partial charge in [0.25, 0.3) is 0 Å². The van der Waals surface area contributed by atoms with Gasteiger partial charge in [-0.05, 0) is 29.5 Å². The maximum atomic E-state index is 13.1. The molecule has 3 amide bonds. The van der Waals surface area contributed by atoms with Crippen molar-refractivity contribution < 1.29 is 29.4 Å². The topological polar surface area (TPSA) is 171 Å². The highest BCUT2D eigenvalue weighted by Gasteiger charge is 2.32. The number of carboxylic acids is 1. The van der Waals surface area contributed by atoms with Crippen LogP contribution in [0.15, 0.2) is 24.3 Å². The molecule has 184 valence electrons. The lowest BCUT2D eigenvalue weighted by Crippen LogP contribution is -2.58. The minimum Gasteiger partial charge on any atom is -0.508 e. The molecule has 0 aliphatic rings. The summed E-state index contributed by atoms with van der Waals surface area (Å²) in [5.74, 6) is -3.18. The number of hydrogen-bond acceptors (Lipinski definition) is 6. The average molecular weight is 465 g/mol. The molecule has 5 unspecified atom stereocenters. The summed E-state index contributed by atoms with van der Waals surface area (Å²) in [5.41, 5.74) is 6.65. The van der Waals surface area contributed by atoms with Crippen molar-refractivity contribution in [3.63, 3.8) is 0 Å². The smallest absolute Gasteiger partial charge is 0.322 e. The molecule has 33 heavy (non-hydrogen) atoms. The number of amides is 3. The van der Waals surface area contributed by atoms with Gasteiger partial charge in [0.05, 0.1) is 6.04 Å². The Balaban J connectivity index is 3.06. The van der Waals surface area contributed by atoms with Gasteiger partial charge in [-0.1, -0.05) is 52.7 Å². The summed E-state index contributed by atoms with van der Waals surface area (Å²) in [4.78, 5) is 49.2. The van der Waals surface area contributed by atoms with Gasteiger partial charge >= 0.3 is 5.97 Å². The number of carboxylic acid groups (broad SMARTS) is 1. The van der Waals surface area contributed by atoms with Gasteiger partial charge in [-0.3, -0.25) is 19.2 Å². The van der Waals surface area contributed by atoms with Crippen LogP contribution in [0.25, 0.3) is 0 Å². The summed E-state index contributed by atoms with van der Waals surface area (Å²) in [5, 5.41) is 26.0. The molecule has 1 aromatic rings. The Morgan fingerprint density at radius 2 is 1.48 bits per heavy atom. The van der Waals surface area contributed by atoms with Gasteiger partial charge in [0.1, 0.15) is 24.4 Å². The molecular formula is C23H36N4O6. The molecule has 10 nitrogen and oxygen atoms in total. The molecule has 0 aromatic heterocycles. The lowest BCUT2D eigenvalue weighted by Gasteiger charge is -2.28. The second-order valence-corrected chi connectivity index (χ2v) is 8.33. The first kappa shape index (κ1) is 27.9. The van der Waals surface area contributed by atoms with Crippen LogP contribution in [0.1, 0.15) is 46.1 Å². The number of carbonyl (C=O) groups is 4. The van der Waals surface area contributed by atoms with Gasteiger partial charge in [-0.2, -0.15) is 0 Å². The van der Waals surface area contributed by atoms with Crippen molar-refractivity contribution in [3.05, 3.63) is 29.8 Å². The van der Waals surface area contributed by atoms with E-state index in [4.69, 9.17) is 10.8 Å². The maximum Gasteiger partial charge on any atom is 0.322 e. The number of aromatic hydroxyl groups is 1. The molecule has 0 fully saturated rings. The van der Waals surface area contributed by atoms with Crippen LogP contribution < -0.4 is 21.7 Å². The van der Waals surface area contributed by atoms with E-state index in [2.05, 4.69) is 16.0 Å². The molecule has 7 N–H and O–H groups in total. The zero-order chi connectivity index (χ0) is 25.1.